The van der Waals surface area contributed by atoms with Gasteiger partial charge in [0.2, 0.25) is 5.91 Å². The predicted molar refractivity (Wildman–Crippen MR) is 105 cm³/mol. The number of nitrogens with zero attached hydrogens (tertiary/aromatic N) is 1. The molecule has 0 aromatic heterocycles. The minimum atomic E-state index is 0.338. The van der Waals surface area contributed by atoms with E-state index in [0.29, 0.717) is 29.4 Å². The maximum Gasteiger partial charge on any atom is 0.222 e. The summed E-state index contributed by atoms with van der Waals surface area (Å²) in [5.74, 6) is 3.62. The molecule has 1 aliphatic heterocycles. The Morgan fingerprint density at radius 1 is 1.12 bits per heavy atom. The van der Waals surface area contributed by atoms with Crippen molar-refractivity contribution in [3.05, 3.63) is 12.7 Å². The van der Waals surface area contributed by atoms with Crippen molar-refractivity contribution in [3.63, 3.8) is 0 Å². The third-order valence-electron chi connectivity index (χ3n) is 9.31. The van der Waals surface area contributed by atoms with Crippen LogP contribution >= 0.6 is 0 Å². The first-order valence-electron chi connectivity index (χ1n) is 10.9. The molecule has 26 heavy (non-hydrogen) atoms. The lowest BCUT2D eigenvalue weighted by Gasteiger charge is -2.61. The highest BCUT2D eigenvalue weighted by Crippen LogP contribution is 2.66. The number of piperidine rings is 1. The summed E-state index contributed by atoms with van der Waals surface area (Å²) in [7, 11) is 2.06. The van der Waals surface area contributed by atoms with E-state index in [1.165, 1.54) is 38.5 Å². The molecule has 0 N–H and O–H groups in total. The number of fused-ring (bicyclic) bond motifs is 5. The Kier molecular flexibility index (Phi) is 4.74. The fourth-order valence-electron chi connectivity index (χ4n) is 7.83. The number of likely N-dealkylation sites (tertiary alicyclic amines) is 1. The standard InChI is InChI=1S/C23H37NO2/c1-5-14-26-15-16-6-8-18-17-7-9-20-23(3,13-11-21(25)24(20)4)19(17)10-12-22(16,18)2/h5,16-20H,1,6-15H2,2-4H3/t16?,17-,18-,19+,20?,22+,23+/m0/s1. The summed E-state index contributed by atoms with van der Waals surface area (Å²) in [5, 5.41) is 0. The molecule has 3 aliphatic carbocycles. The molecular formula is C23H37NO2. The lowest BCUT2D eigenvalue weighted by atomic mass is 9.47. The SMILES string of the molecule is C=CCOCC1CC[C@H]2[C@@H]3CCC4N(C)C(=O)CC[C@]4(C)[C@@H]3CC[C@]12C. The fraction of sp³-hybridized carbons (Fsp3) is 0.870. The molecular weight excluding hydrogens is 322 g/mol. The van der Waals surface area contributed by atoms with E-state index in [1.807, 2.05) is 6.08 Å². The smallest absolute Gasteiger partial charge is 0.222 e. The van der Waals surface area contributed by atoms with Gasteiger partial charge in [-0.2, -0.15) is 0 Å². The zero-order valence-corrected chi connectivity index (χ0v) is 17.0. The van der Waals surface area contributed by atoms with Crippen LogP contribution in [0, 0.1) is 34.5 Å². The summed E-state index contributed by atoms with van der Waals surface area (Å²) in [6, 6.07) is 0.475. The van der Waals surface area contributed by atoms with Crippen molar-refractivity contribution in [3.8, 4) is 0 Å². The molecule has 2 unspecified atom stereocenters. The quantitative estimate of drug-likeness (QED) is 0.539. The molecule has 3 nitrogen and oxygen atoms in total. The van der Waals surface area contributed by atoms with Crippen LogP contribution in [0.3, 0.4) is 0 Å². The van der Waals surface area contributed by atoms with E-state index in [9.17, 15) is 4.79 Å². The zero-order chi connectivity index (χ0) is 18.5. The second-order valence-corrected chi connectivity index (χ2v) is 10.1. The summed E-state index contributed by atoms with van der Waals surface area (Å²) < 4.78 is 5.89. The summed E-state index contributed by atoms with van der Waals surface area (Å²) in [4.78, 5) is 14.4. The van der Waals surface area contributed by atoms with Crippen LogP contribution in [0.5, 0.6) is 0 Å². The number of ether oxygens (including phenoxy) is 1. The average Bonchev–Trinajstić information content (AvgIpc) is 2.96. The molecule has 1 heterocycles. The predicted octanol–water partition coefficient (Wildman–Crippen LogP) is 4.67. The van der Waals surface area contributed by atoms with Gasteiger partial charge in [0.05, 0.1) is 13.2 Å². The van der Waals surface area contributed by atoms with E-state index in [2.05, 4.69) is 32.4 Å². The van der Waals surface area contributed by atoms with Crippen molar-refractivity contribution in [2.24, 2.45) is 34.5 Å². The van der Waals surface area contributed by atoms with Crippen molar-refractivity contribution in [1.29, 1.82) is 0 Å². The van der Waals surface area contributed by atoms with Gasteiger partial charge >= 0.3 is 0 Å². The van der Waals surface area contributed by atoms with Gasteiger partial charge in [0, 0.05) is 19.5 Å². The van der Waals surface area contributed by atoms with Gasteiger partial charge in [-0.05, 0) is 79.4 Å². The molecule has 0 radical (unpaired) electrons. The van der Waals surface area contributed by atoms with Gasteiger partial charge < -0.3 is 9.64 Å². The fourth-order valence-corrected chi connectivity index (χ4v) is 7.83. The highest BCUT2D eigenvalue weighted by molar-refractivity contribution is 5.77. The van der Waals surface area contributed by atoms with E-state index in [0.717, 1.165) is 43.1 Å². The van der Waals surface area contributed by atoms with Crippen LogP contribution in [0.15, 0.2) is 12.7 Å². The van der Waals surface area contributed by atoms with Gasteiger partial charge in [0.15, 0.2) is 0 Å². The summed E-state index contributed by atoms with van der Waals surface area (Å²) in [6.45, 7) is 10.5. The topological polar surface area (TPSA) is 29.5 Å². The van der Waals surface area contributed by atoms with E-state index >= 15 is 0 Å². The molecule has 4 rings (SSSR count). The monoisotopic (exact) mass is 359 g/mol. The second kappa shape index (κ2) is 6.65. The Labute approximate surface area is 159 Å². The molecule has 0 spiro atoms. The Bertz CT molecular complexity index is 575. The van der Waals surface area contributed by atoms with Gasteiger partial charge in [-0.3, -0.25) is 4.79 Å². The van der Waals surface area contributed by atoms with Crippen LogP contribution < -0.4 is 0 Å². The first kappa shape index (κ1) is 18.5. The average molecular weight is 360 g/mol. The first-order valence-corrected chi connectivity index (χ1v) is 10.9. The Balaban J connectivity index is 1.53. The van der Waals surface area contributed by atoms with Gasteiger partial charge in [-0.15, -0.1) is 6.58 Å². The summed E-state index contributed by atoms with van der Waals surface area (Å²) >= 11 is 0. The number of amides is 1. The number of carbonyl (C=O) groups excluding carboxylic acids is 1. The maximum absolute atomic E-state index is 12.3. The number of hydrogen-bond acceptors (Lipinski definition) is 2. The van der Waals surface area contributed by atoms with Crippen molar-refractivity contribution in [2.45, 2.75) is 71.3 Å². The molecule has 3 saturated carbocycles. The maximum atomic E-state index is 12.3. The van der Waals surface area contributed by atoms with Crippen molar-refractivity contribution >= 4 is 5.91 Å². The molecule has 146 valence electrons. The summed E-state index contributed by atoms with van der Waals surface area (Å²) in [6.07, 6.45) is 11.7. The molecule has 7 atom stereocenters. The largest absolute Gasteiger partial charge is 0.377 e. The zero-order valence-electron chi connectivity index (χ0n) is 17.0. The minimum Gasteiger partial charge on any atom is -0.377 e. The Morgan fingerprint density at radius 3 is 2.65 bits per heavy atom. The number of rotatable bonds is 4. The van der Waals surface area contributed by atoms with Gasteiger partial charge in [0.1, 0.15) is 0 Å². The van der Waals surface area contributed by atoms with E-state index in [1.54, 1.807) is 0 Å². The molecule has 1 amide bonds. The number of carbonyl (C=O) groups is 1. The van der Waals surface area contributed by atoms with Crippen molar-refractivity contribution in [2.75, 3.05) is 20.3 Å². The molecule has 4 fully saturated rings. The molecule has 4 aliphatic rings. The Morgan fingerprint density at radius 2 is 1.88 bits per heavy atom. The first-order chi connectivity index (χ1) is 12.4. The van der Waals surface area contributed by atoms with Crippen molar-refractivity contribution < 1.29 is 9.53 Å². The Hall–Kier alpha value is -0.830. The molecule has 3 heteroatoms. The molecule has 0 aromatic rings. The van der Waals surface area contributed by atoms with Gasteiger partial charge in [-0.1, -0.05) is 19.9 Å². The van der Waals surface area contributed by atoms with Gasteiger partial charge in [-0.25, -0.2) is 0 Å². The van der Waals surface area contributed by atoms with Crippen LogP contribution in [-0.4, -0.2) is 37.1 Å². The lowest BCUT2D eigenvalue weighted by molar-refractivity contribution is -0.158. The van der Waals surface area contributed by atoms with Crippen LogP contribution in [0.25, 0.3) is 0 Å². The minimum absolute atomic E-state index is 0.338. The van der Waals surface area contributed by atoms with Crippen LogP contribution in [0.4, 0.5) is 0 Å². The second-order valence-electron chi connectivity index (χ2n) is 10.1. The molecule has 0 bridgehead atoms. The van der Waals surface area contributed by atoms with Crippen molar-refractivity contribution in [1.82, 2.24) is 4.90 Å². The van der Waals surface area contributed by atoms with Gasteiger partial charge in [0.25, 0.3) is 0 Å². The summed E-state index contributed by atoms with van der Waals surface area (Å²) in [5.41, 5.74) is 0.798. The molecule has 1 saturated heterocycles. The third-order valence-corrected chi connectivity index (χ3v) is 9.31. The highest BCUT2D eigenvalue weighted by atomic mass is 16.5. The van der Waals surface area contributed by atoms with Crippen LogP contribution in [0.1, 0.15) is 65.2 Å². The number of hydrogen-bond donors (Lipinski definition) is 0. The highest BCUT2D eigenvalue weighted by Gasteiger charge is 2.60. The van der Waals surface area contributed by atoms with E-state index in [4.69, 9.17) is 4.74 Å². The van der Waals surface area contributed by atoms with E-state index in [-0.39, 0.29) is 0 Å². The normalized spacial score (nSPS) is 47.9. The van der Waals surface area contributed by atoms with Crippen LogP contribution in [0.2, 0.25) is 0 Å². The molecule has 0 aromatic carbocycles. The lowest BCUT2D eigenvalue weighted by Crippen LogP contribution is -2.61. The third kappa shape index (κ3) is 2.60. The van der Waals surface area contributed by atoms with Crippen LogP contribution in [-0.2, 0) is 9.53 Å². The van der Waals surface area contributed by atoms with E-state index < -0.39 is 0 Å².